The van der Waals surface area contributed by atoms with Crippen molar-refractivity contribution in [1.82, 2.24) is 20.2 Å². The molecule has 106 valence electrons. The minimum atomic E-state index is -0.513. The largest absolute Gasteiger partial charge is 0.392 e. The second-order valence-electron chi connectivity index (χ2n) is 5.16. The van der Waals surface area contributed by atoms with E-state index in [0.717, 1.165) is 25.2 Å². The highest BCUT2D eigenvalue weighted by Gasteiger charge is 2.31. The van der Waals surface area contributed by atoms with Crippen LogP contribution in [0.3, 0.4) is 0 Å². The Labute approximate surface area is 113 Å². The maximum absolute atomic E-state index is 12.0. The molecule has 1 saturated heterocycles. The second kappa shape index (κ2) is 6.68. The Morgan fingerprint density at radius 3 is 3.26 bits per heavy atom. The summed E-state index contributed by atoms with van der Waals surface area (Å²) in [5.74, 6) is 0.590. The van der Waals surface area contributed by atoms with Crippen LogP contribution >= 0.6 is 0 Å². The van der Waals surface area contributed by atoms with E-state index < -0.39 is 6.10 Å². The normalized spacial score (nSPS) is 24.3. The summed E-state index contributed by atoms with van der Waals surface area (Å²) in [6, 6.07) is 0. The number of amides is 1. The fraction of sp³-hybridized carbons (Fsp3) is 0.692. The van der Waals surface area contributed by atoms with Gasteiger partial charge in [-0.05, 0) is 19.9 Å². The van der Waals surface area contributed by atoms with Crippen molar-refractivity contribution in [3.63, 3.8) is 0 Å². The first kappa shape index (κ1) is 14.0. The van der Waals surface area contributed by atoms with Crippen molar-refractivity contribution in [3.8, 4) is 0 Å². The number of aromatic nitrogens is 2. The molecule has 2 heterocycles. The number of rotatable bonds is 5. The number of H-pyrrole nitrogens is 1. The highest BCUT2D eigenvalue weighted by Crippen LogP contribution is 2.16. The van der Waals surface area contributed by atoms with Crippen LogP contribution in [-0.2, 0) is 11.2 Å². The Kier molecular flexibility index (Phi) is 4.93. The molecule has 19 heavy (non-hydrogen) atoms. The van der Waals surface area contributed by atoms with Crippen LogP contribution in [0.15, 0.2) is 12.4 Å². The van der Waals surface area contributed by atoms with Crippen molar-refractivity contribution in [3.05, 3.63) is 18.2 Å². The molecule has 0 aromatic carbocycles. The van der Waals surface area contributed by atoms with Gasteiger partial charge in [-0.1, -0.05) is 0 Å². The maximum atomic E-state index is 12.0. The molecule has 1 aromatic rings. The number of aryl methyl sites for hydroxylation is 1. The van der Waals surface area contributed by atoms with Crippen LogP contribution in [0, 0.1) is 5.92 Å². The van der Waals surface area contributed by atoms with Crippen molar-refractivity contribution in [1.29, 1.82) is 0 Å². The van der Waals surface area contributed by atoms with Crippen molar-refractivity contribution < 1.29 is 9.90 Å². The lowest BCUT2D eigenvalue weighted by atomic mass is 9.94. The zero-order valence-corrected chi connectivity index (χ0v) is 11.3. The number of carbonyl (C=O) groups excluding carboxylic acids is 1. The number of aromatic amines is 1. The van der Waals surface area contributed by atoms with Gasteiger partial charge in [-0.15, -0.1) is 0 Å². The Bertz CT molecular complexity index is 393. The van der Waals surface area contributed by atoms with E-state index in [-0.39, 0.29) is 11.8 Å². The van der Waals surface area contributed by atoms with Crippen molar-refractivity contribution in [2.45, 2.75) is 25.4 Å². The summed E-state index contributed by atoms with van der Waals surface area (Å²) in [4.78, 5) is 21.2. The number of piperidine rings is 1. The van der Waals surface area contributed by atoms with Gasteiger partial charge in [0.2, 0.25) is 5.91 Å². The zero-order valence-electron chi connectivity index (χ0n) is 11.3. The van der Waals surface area contributed by atoms with Crippen LogP contribution < -0.4 is 5.32 Å². The first-order valence-corrected chi connectivity index (χ1v) is 6.79. The predicted octanol–water partition coefficient (Wildman–Crippen LogP) is -0.229. The number of nitrogens with zero attached hydrogens (tertiary/aromatic N) is 2. The summed E-state index contributed by atoms with van der Waals surface area (Å²) in [5.41, 5.74) is 0. The van der Waals surface area contributed by atoms with E-state index in [0.29, 0.717) is 19.5 Å². The summed E-state index contributed by atoms with van der Waals surface area (Å²) in [5, 5.41) is 12.8. The second-order valence-corrected chi connectivity index (χ2v) is 5.16. The zero-order chi connectivity index (χ0) is 13.7. The molecule has 1 aromatic heterocycles. The van der Waals surface area contributed by atoms with Gasteiger partial charge in [-0.3, -0.25) is 4.79 Å². The smallest absolute Gasteiger partial charge is 0.227 e. The average Bonchev–Trinajstić information content (AvgIpc) is 2.90. The van der Waals surface area contributed by atoms with Crippen LogP contribution in [0.2, 0.25) is 0 Å². The molecule has 1 amide bonds. The minimum absolute atomic E-state index is 0.0431. The summed E-state index contributed by atoms with van der Waals surface area (Å²) in [6.45, 7) is 2.10. The number of carbonyl (C=O) groups is 1. The van der Waals surface area contributed by atoms with Crippen molar-refractivity contribution >= 4 is 5.91 Å². The first-order chi connectivity index (χ1) is 9.16. The molecule has 2 atom stereocenters. The van der Waals surface area contributed by atoms with Crippen LogP contribution in [0.5, 0.6) is 0 Å². The molecule has 6 nitrogen and oxygen atoms in total. The third-order valence-electron chi connectivity index (χ3n) is 3.56. The molecular formula is C13H22N4O2. The lowest BCUT2D eigenvalue weighted by Gasteiger charge is -2.32. The van der Waals surface area contributed by atoms with E-state index in [2.05, 4.69) is 20.2 Å². The molecule has 6 heteroatoms. The van der Waals surface area contributed by atoms with Gasteiger partial charge in [-0.2, -0.15) is 0 Å². The molecule has 0 aliphatic carbocycles. The number of hydrogen-bond acceptors (Lipinski definition) is 4. The topological polar surface area (TPSA) is 81.2 Å². The van der Waals surface area contributed by atoms with Crippen LogP contribution in [0.4, 0.5) is 0 Å². The number of hydrogen-bond donors (Lipinski definition) is 3. The molecule has 1 aliphatic rings. The molecule has 2 rings (SSSR count). The van der Waals surface area contributed by atoms with Gasteiger partial charge in [0, 0.05) is 38.4 Å². The third kappa shape index (κ3) is 4.04. The van der Waals surface area contributed by atoms with E-state index in [9.17, 15) is 9.90 Å². The molecule has 1 aliphatic heterocycles. The third-order valence-corrected chi connectivity index (χ3v) is 3.56. The molecule has 0 unspecified atom stereocenters. The van der Waals surface area contributed by atoms with Gasteiger partial charge in [0.15, 0.2) is 0 Å². The molecular weight excluding hydrogens is 244 g/mol. The maximum Gasteiger partial charge on any atom is 0.227 e. The molecule has 1 fully saturated rings. The number of aliphatic hydroxyl groups is 1. The Morgan fingerprint density at radius 2 is 2.53 bits per heavy atom. The van der Waals surface area contributed by atoms with Gasteiger partial charge in [-0.25, -0.2) is 4.98 Å². The van der Waals surface area contributed by atoms with E-state index in [1.54, 1.807) is 12.4 Å². The Morgan fingerprint density at radius 1 is 1.68 bits per heavy atom. The fourth-order valence-corrected chi connectivity index (χ4v) is 2.39. The van der Waals surface area contributed by atoms with Gasteiger partial charge < -0.3 is 20.3 Å². The number of aliphatic hydroxyl groups excluding tert-OH is 1. The fourth-order valence-electron chi connectivity index (χ4n) is 2.39. The van der Waals surface area contributed by atoms with Crippen molar-refractivity contribution in [2.24, 2.45) is 5.92 Å². The van der Waals surface area contributed by atoms with Crippen LogP contribution in [-0.4, -0.2) is 58.7 Å². The number of imidazole rings is 1. The highest BCUT2D eigenvalue weighted by molar-refractivity contribution is 5.79. The molecule has 0 saturated carbocycles. The molecule has 0 bridgehead atoms. The van der Waals surface area contributed by atoms with Gasteiger partial charge in [0.25, 0.3) is 0 Å². The van der Waals surface area contributed by atoms with Crippen molar-refractivity contribution in [2.75, 3.05) is 26.7 Å². The summed E-state index contributed by atoms with van der Waals surface area (Å²) >= 11 is 0. The van der Waals surface area contributed by atoms with Gasteiger partial charge in [0.1, 0.15) is 5.82 Å². The van der Waals surface area contributed by atoms with Gasteiger partial charge in [0.05, 0.1) is 12.0 Å². The van der Waals surface area contributed by atoms with E-state index in [4.69, 9.17) is 0 Å². The summed E-state index contributed by atoms with van der Waals surface area (Å²) in [7, 11) is 1.98. The Hall–Kier alpha value is -1.40. The number of likely N-dealkylation sites (tertiary alicyclic amines) is 1. The molecule has 3 N–H and O–H groups in total. The lowest BCUT2D eigenvalue weighted by Crippen LogP contribution is -2.48. The minimum Gasteiger partial charge on any atom is -0.392 e. The van der Waals surface area contributed by atoms with E-state index in [1.165, 1.54) is 0 Å². The summed E-state index contributed by atoms with van der Waals surface area (Å²) < 4.78 is 0. The lowest BCUT2D eigenvalue weighted by molar-refractivity contribution is -0.131. The average molecular weight is 266 g/mol. The Balaban J connectivity index is 1.68. The standard InChI is InChI=1S/C13H22N4O2/c1-17-8-4-11(18)10(9-17)13(19)16-5-2-3-12-14-6-7-15-12/h6-7,10-11,18H,2-5,8-9H2,1H3,(H,14,15)(H,16,19)/t10-,11+/m1/s1. The first-order valence-electron chi connectivity index (χ1n) is 6.79. The predicted molar refractivity (Wildman–Crippen MR) is 71.5 cm³/mol. The van der Waals surface area contributed by atoms with Gasteiger partial charge >= 0.3 is 0 Å². The highest BCUT2D eigenvalue weighted by atomic mass is 16.3. The van der Waals surface area contributed by atoms with E-state index >= 15 is 0 Å². The molecule has 0 radical (unpaired) electrons. The van der Waals surface area contributed by atoms with Crippen LogP contribution in [0.25, 0.3) is 0 Å². The summed E-state index contributed by atoms with van der Waals surface area (Å²) in [6.07, 6.45) is 5.34. The van der Waals surface area contributed by atoms with Crippen LogP contribution in [0.1, 0.15) is 18.7 Å². The SMILES string of the molecule is CN1CC[C@H](O)[C@H](C(=O)NCCCc2ncc[nH]2)C1. The number of nitrogens with one attached hydrogen (secondary N) is 2. The molecule has 0 spiro atoms. The van der Waals surface area contributed by atoms with E-state index in [1.807, 2.05) is 7.05 Å². The monoisotopic (exact) mass is 266 g/mol. The quantitative estimate of drug-likeness (QED) is 0.643.